The van der Waals surface area contributed by atoms with Crippen LogP contribution in [0.15, 0.2) is 42.7 Å². The molecule has 0 saturated carbocycles. The summed E-state index contributed by atoms with van der Waals surface area (Å²) in [5.74, 6) is 0.940. The molecule has 1 unspecified atom stereocenters. The number of aliphatic hydroxyl groups excluding tert-OH is 1. The Hall–Kier alpha value is -1.87. The molecular weight excluding hydrogens is 262 g/mol. The fraction of sp³-hybridized carbons (Fsp3) is 0.389. The average Bonchev–Trinajstić information content (AvgIpc) is 2.90. The van der Waals surface area contributed by atoms with Crippen molar-refractivity contribution in [2.24, 2.45) is 5.92 Å². The summed E-state index contributed by atoms with van der Waals surface area (Å²) in [7, 11) is 0. The Bertz CT molecular complexity index is 599. The first-order valence-corrected chi connectivity index (χ1v) is 7.50. The smallest absolute Gasteiger partial charge is 0.138 e. The van der Waals surface area contributed by atoms with Crippen molar-refractivity contribution in [2.75, 3.05) is 0 Å². The van der Waals surface area contributed by atoms with E-state index in [2.05, 4.69) is 29.2 Å². The van der Waals surface area contributed by atoms with E-state index in [0.29, 0.717) is 0 Å². The Morgan fingerprint density at radius 3 is 2.43 bits per heavy atom. The standard InChI is InChI=1S/C18H21NO2/c1-12(2)21-17-9-16(10-19-11-17)18(20)15-7-13-5-3-4-6-14(13)8-15/h3-6,9-12,15,18,20H,7-8H2,1-2H3. The van der Waals surface area contributed by atoms with E-state index in [1.165, 1.54) is 11.1 Å². The lowest BCUT2D eigenvalue weighted by Gasteiger charge is -2.19. The van der Waals surface area contributed by atoms with E-state index in [9.17, 15) is 5.11 Å². The molecule has 3 rings (SSSR count). The lowest BCUT2D eigenvalue weighted by atomic mass is 9.94. The normalized spacial score (nSPS) is 16.0. The van der Waals surface area contributed by atoms with Crippen molar-refractivity contribution in [1.82, 2.24) is 4.98 Å². The van der Waals surface area contributed by atoms with E-state index >= 15 is 0 Å². The van der Waals surface area contributed by atoms with E-state index in [4.69, 9.17) is 4.74 Å². The first-order valence-electron chi connectivity index (χ1n) is 7.50. The highest BCUT2D eigenvalue weighted by Gasteiger charge is 2.28. The Labute approximate surface area is 125 Å². The van der Waals surface area contributed by atoms with E-state index in [0.717, 1.165) is 24.2 Å². The molecule has 3 nitrogen and oxygen atoms in total. The van der Waals surface area contributed by atoms with Crippen molar-refractivity contribution in [2.45, 2.75) is 38.9 Å². The zero-order valence-corrected chi connectivity index (χ0v) is 12.5. The second kappa shape index (κ2) is 5.86. The monoisotopic (exact) mass is 283 g/mol. The number of aromatic nitrogens is 1. The molecule has 0 saturated heterocycles. The van der Waals surface area contributed by atoms with E-state index in [-0.39, 0.29) is 12.0 Å². The van der Waals surface area contributed by atoms with Crippen molar-refractivity contribution in [3.05, 3.63) is 59.4 Å². The van der Waals surface area contributed by atoms with Crippen LogP contribution in [0.3, 0.4) is 0 Å². The number of fused-ring (bicyclic) bond motifs is 1. The molecule has 0 fully saturated rings. The fourth-order valence-electron chi connectivity index (χ4n) is 3.02. The molecule has 1 aromatic carbocycles. The summed E-state index contributed by atoms with van der Waals surface area (Å²) in [6.45, 7) is 3.97. The highest BCUT2D eigenvalue weighted by molar-refractivity contribution is 5.34. The molecule has 2 aromatic rings. The zero-order chi connectivity index (χ0) is 14.8. The number of pyridine rings is 1. The second-order valence-electron chi connectivity index (χ2n) is 6.00. The first kappa shape index (κ1) is 14.1. The van der Waals surface area contributed by atoms with Crippen molar-refractivity contribution in [3.63, 3.8) is 0 Å². The van der Waals surface area contributed by atoms with Crippen LogP contribution >= 0.6 is 0 Å². The molecule has 1 aliphatic rings. The number of benzene rings is 1. The number of hydrogen-bond acceptors (Lipinski definition) is 3. The van der Waals surface area contributed by atoms with Crippen LogP contribution < -0.4 is 4.74 Å². The molecule has 0 radical (unpaired) electrons. The molecule has 110 valence electrons. The quantitative estimate of drug-likeness (QED) is 0.936. The van der Waals surface area contributed by atoms with Crippen molar-refractivity contribution in [1.29, 1.82) is 0 Å². The third-order valence-corrected chi connectivity index (χ3v) is 3.98. The highest BCUT2D eigenvalue weighted by atomic mass is 16.5. The van der Waals surface area contributed by atoms with Crippen molar-refractivity contribution in [3.8, 4) is 5.75 Å². The van der Waals surface area contributed by atoms with Gasteiger partial charge < -0.3 is 9.84 Å². The fourth-order valence-corrected chi connectivity index (χ4v) is 3.02. The molecular formula is C18H21NO2. The van der Waals surface area contributed by atoms with Gasteiger partial charge in [0.25, 0.3) is 0 Å². The summed E-state index contributed by atoms with van der Waals surface area (Å²) in [5.41, 5.74) is 3.54. The SMILES string of the molecule is CC(C)Oc1cncc(C(O)C2Cc3ccccc3C2)c1. The van der Waals surface area contributed by atoms with Gasteiger partial charge in [-0.3, -0.25) is 4.98 Å². The van der Waals surface area contributed by atoms with Gasteiger partial charge in [-0.05, 0) is 49.8 Å². The Balaban J connectivity index is 1.76. The van der Waals surface area contributed by atoms with E-state index in [1.54, 1.807) is 12.4 Å². The van der Waals surface area contributed by atoms with Gasteiger partial charge in [-0.15, -0.1) is 0 Å². The largest absolute Gasteiger partial charge is 0.489 e. The number of hydrogen-bond donors (Lipinski definition) is 1. The van der Waals surface area contributed by atoms with Gasteiger partial charge in [-0.1, -0.05) is 24.3 Å². The Kier molecular flexibility index (Phi) is 3.93. The molecule has 1 N–H and O–H groups in total. The van der Waals surface area contributed by atoms with E-state index in [1.807, 2.05) is 19.9 Å². The third-order valence-electron chi connectivity index (χ3n) is 3.98. The summed E-state index contributed by atoms with van der Waals surface area (Å²) < 4.78 is 5.66. The minimum absolute atomic E-state index is 0.106. The molecule has 1 atom stereocenters. The van der Waals surface area contributed by atoms with Crippen LogP contribution in [-0.4, -0.2) is 16.2 Å². The molecule has 0 aliphatic heterocycles. The molecule has 21 heavy (non-hydrogen) atoms. The Morgan fingerprint density at radius 2 is 1.81 bits per heavy atom. The zero-order valence-electron chi connectivity index (χ0n) is 12.5. The second-order valence-corrected chi connectivity index (χ2v) is 6.00. The minimum atomic E-state index is -0.499. The number of nitrogens with zero attached hydrogens (tertiary/aromatic N) is 1. The lowest BCUT2D eigenvalue weighted by Crippen LogP contribution is -2.14. The van der Waals surface area contributed by atoms with Crippen molar-refractivity contribution < 1.29 is 9.84 Å². The van der Waals surface area contributed by atoms with Crippen LogP contribution in [0.25, 0.3) is 0 Å². The lowest BCUT2D eigenvalue weighted by molar-refractivity contribution is 0.112. The van der Waals surface area contributed by atoms with Crippen LogP contribution in [0.2, 0.25) is 0 Å². The highest BCUT2D eigenvalue weighted by Crippen LogP contribution is 2.35. The van der Waals surface area contributed by atoms with Crippen LogP contribution in [0.5, 0.6) is 5.75 Å². The van der Waals surface area contributed by atoms with Gasteiger partial charge in [-0.25, -0.2) is 0 Å². The molecule has 1 aliphatic carbocycles. The van der Waals surface area contributed by atoms with Crippen LogP contribution in [0, 0.1) is 5.92 Å². The van der Waals surface area contributed by atoms with Gasteiger partial charge in [0, 0.05) is 11.8 Å². The summed E-state index contributed by atoms with van der Waals surface area (Å²) in [4.78, 5) is 4.19. The van der Waals surface area contributed by atoms with Gasteiger partial charge in [0.2, 0.25) is 0 Å². The summed E-state index contributed by atoms with van der Waals surface area (Å²) in [6, 6.07) is 10.3. The van der Waals surface area contributed by atoms with Gasteiger partial charge in [-0.2, -0.15) is 0 Å². The average molecular weight is 283 g/mol. The molecule has 0 bridgehead atoms. The number of ether oxygens (including phenoxy) is 1. The van der Waals surface area contributed by atoms with Crippen molar-refractivity contribution >= 4 is 0 Å². The minimum Gasteiger partial charge on any atom is -0.489 e. The molecule has 0 amide bonds. The van der Waals surface area contributed by atoms with Gasteiger partial charge in [0.1, 0.15) is 5.75 Å². The maximum atomic E-state index is 10.7. The van der Waals surface area contributed by atoms with Crippen LogP contribution in [-0.2, 0) is 12.8 Å². The maximum absolute atomic E-state index is 10.7. The van der Waals surface area contributed by atoms with Crippen LogP contribution in [0.1, 0.15) is 36.6 Å². The molecule has 1 heterocycles. The van der Waals surface area contributed by atoms with Gasteiger partial charge in [0.05, 0.1) is 18.4 Å². The number of aliphatic hydroxyl groups is 1. The first-order chi connectivity index (χ1) is 10.1. The number of rotatable bonds is 4. The summed E-state index contributed by atoms with van der Waals surface area (Å²) >= 11 is 0. The Morgan fingerprint density at radius 1 is 1.14 bits per heavy atom. The predicted octanol–water partition coefficient (Wildman–Crippen LogP) is 3.32. The topological polar surface area (TPSA) is 42.4 Å². The maximum Gasteiger partial charge on any atom is 0.138 e. The third kappa shape index (κ3) is 3.08. The predicted molar refractivity (Wildman–Crippen MR) is 82.3 cm³/mol. The van der Waals surface area contributed by atoms with Gasteiger partial charge in [0.15, 0.2) is 0 Å². The van der Waals surface area contributed by atoms with E-state index < -0.39 is 6.10 Å². The van der Waals surface area contributed by atoms with Crippen LogP contribution in [0.4, 0.5) is 0 Å². The molecule has 3 heteroatoms. The summed E-state index contributed by atoms with van der Waals surface area (Å²) in [5, 5.41) is 10.7. The molecule has 0 spiro atoms. The van der Waals surface area contributed by atoms with Gasteiger partial charge >= 0.3 is 0 Å². The molecule has 1 aromatic heterocycles. The summed E-state index contributed by atoms with van der Waals surface area (Å²) in [6.07, 6.45) is 4.88.